The van der Waals surface area contributed by atoms with Gasteiger partial charge in [0.2, 0.25) is 0 Å². The van der Waals surface area contributed by atoms with E-state index in [0.29, 0.717) is 22.4 Å². The predicted octanol–water partition coefficient (Wildman–Crippen LogP) is 8.26. The van der Waals surface area contributed by atoms with Crippen LogP contribution in [0.15, 0.2) is 122 Å². The van der Waals surface area contributed by atoms with Crippen LogP contribution in [0.4, 0.5) is 34.1 Å². The normalized spacial score (nSPS) is 11.8. The lowest BCUT2D eigenvalue weighted by Crippen LogP contribution is -1.98. The van der Waals surface area contributed by atoms with Crippen molar-refractivity contribution >= 4 is 61.0 Å². The smallest absolute Gasteiger partial charge is 0.339 e. The average Bonchev–Trinajstić information content (AvgIpc) is 2.96. The van der Waals surface area contributed by atoms with Gasteiger partial charge in [-0.05, 0) is 72.1 Å². The van der Waals surface area contributed by atoms with Crippen molar-refractivity contribution in [3.8, 4) is 11.5 Å². The van der Waals surface area contributed by atoms with Gasteiger partial charge in [-0.3, -0.25) is 4.55 Å². The van der Waals surface area contributed by atoms with Gasteiger partial charge in [0.1, 0.15) is 22.7 Å². The Balaban J connectivity index is 0.00000264. The van der Waals surface area contributed by atoms with E-state index in [4.69, 9.17) is 5.11 Å². The number of fused-ring (bicyclic) bond motifs is 1. The van der Waals surface area contributed by atoms with Gasteiger partial charge in [-0.2, -0.15) is 23.8 Å². The fraction of sp³-hybridized carbons (Fsp3) is 0. The van der Waals surface area contributed by atoms with Crippen LogP contribution in [0, 0.1) is 0 Å². The number of carboxylic acids is 1. The fourth-order valence-electron chi connectivity index (χ4n) is 4.00. The highest BCUT2D eigenvalue weighted by atomic mass is 32.2. The fourth-order valence-corrected chi connectivity index (χ4v) is 4.53. The summed E-state index contributed by atoms with van der Waals surface area (Å²) in [7, 11) is -4.56. The molecule has 5 aromatic carbocycles. The Morgan fingerprint density at radius 3 is 1.98 bits per heavy atom. The van der Waals surface area contributed by atoms with Crippen LogP contribution in [-0.2, 0) is 10.1 Å². The van der Waals surface area contributed by atoms with E-state index in [1.807, 2.05) is 30.3 Å². The molecule has 5 rings (SSSR count). The van der Waals surface area contributed by atoms with Gasteiger partial charge < -0.3 is 20.6 Å². The number of hydrogen-bond acceptors (Lipinski definition) is 10. The maximum atomic E-state index is 11.7. The molecule has 0 atom stereocenters. The number of carboxylic acid groups (broad SMARTS) is 1. The molecule has 42 heavy (non-hydrogen) atoms. The first kappa shape index (κ1) is 27.9. The molecule has 0 saturated carbocycles. The van der Waals surface area contributed by atoms with Crippen molar-refractivity contribution in [2.45, 2.75) is 4.90 Å². The van der Waals surface area contributed by atoms with E-state index >= 15 is 0 Å². The molecule has 0 heterocycles. The number of nitrogens with one attached hydrogen (secondary N) is 1. The largest absolute Gasteiger partial charge is 0.507 e. The minimum absolute atomic E-state index is 0. The molecule has 0 aliphatic carbocycles. The second-order valence-corrected chi connectivity index (χ2v) is 10.3. The Bertz CT molecular complexity index is 1990. The van der Waals surface area contributed by atoms with Crippen molar-refractivity contribution in [1.29, 1.82) is 0 Å². The summed E-state index contributed by atoms with van der Waals surface area (Å²) in [6, 6.07) is 24.9. The maximum absolute atomic E-state index is 11.7. The van der Waals surface area contributed by atoms with Gasteiger partial charge in [-0.25, -0.2) is 4.79 Å². The first-order valence-electron chi connectivity index (χ1n) is 12.2. The number of aromatic hydroxyl groups is 2. The SMILES string of the molecule is O=C(O)c1cc(N=Nc2ccc(N=Nc3c(Nc4ccccc4)ccc4cc(S(=O)(=O)O)cc(O)c34)cc2)ccc1O.[HH].[HH]. The van der Waals surface area contributed by atoms with Gasteiger partial charge >= 0.3 is 5.97 Å². The Morgan fingerprint density at radius 1 is 0.714 bits per heavy atom. The van der Waals surface area contributed by atoms with Gasteiger partial charge in [-0.15, -0.1) is 5.11 Å². The zero-order chi connectivity index (χ0) is 29.9. The molecule has 0 radical (unpaired) electrons. The van der Waals surface area contributed by atoms with E-state index in [9.17, 15) is 28.0 Å². The molecule has 12 nitrogen and oxygen atoms in total. The number of phenols is 2. The van der Waals surface area contributed by atoms with Gasteiger partial charge in [0.15, 0.2) is 0 Å². The monoisotopic (exact) mass is 587 g/mol. The third kappa shape index (κ3) is 6.22. The van der Waals surface area contributed by atoms with E-state index in [1.54, 1.807) is 36.4 Å². The van der Waals surface area contributed by atoms with Crippen LogP contribution in [0.2, 0.25) is 0 Å². The number of nitrogens with zero attached hydrogens (tertiary/aromatic N) is 4. The third-order valence-electron chi connectivity index (χ3n) is 6.00. The molecule has 5 aromatic rings. The highest BCUT2D eigenvalue weighted by Gasteiger charge is 2.18. The molecule has 0 amide bonds. The molecule has 214 valence electrons. The summed E-state index contributed by atoms with van der Waals surface area (Å²) in [6.07, 6.45) is 0. The highest BCUT2D eigenvalue weighted by Crippen LogP contribution is 2.42. The summed E-state index contributed by atoms with van der Waals surface area (Å²) in [5.74, 6) is -2.08. The molecule has 0 bridgehead atoms. The Kier molecular flexibility index (Phi) is 7.60. The van der Waals surface area contributed by atoms with Crippen LogP contribution in [0.3, 0.4) is 0 Å². The number of anilines is 2. The van der Waals surface area contributed by atoms with Gasteiger partial charge in [0.25, 0.3) is 10.1 Å². The molecule has 0 spiro atoms. The van der Waals surface area contributed by atoms with Crippen molar-refractivity contribution < 1.29 is 35.9 Å². The summed E-state index contributed by atoms with van der Waals surface area (Å²) < 4.78 is 32.8. The number of carbonyl (C=O) groups is 1. The molecule has 0 fully saturated rings. The van der Waals surface area contributed by atoms with E-state index in [0.717, 1.165) is 11.8 Å². The minimum atomic E-state index is -4.56. The number of aromatic carboxylic acids is 1. The number of azo groups is 2. The van der Waals surface area contributed by atoms with Crippen molar-refractivity contribution in [2.75, 3.05) is 5.32 Å². The van der Waals surface area contributed by atoms with E-state index in [-0.39, 0.29) is 30.9 Å². The van der Waals surface area contributed by atoms with E-state index in [2.05, 4.69) is 25.8 Å². The second kappa shape index (κ2) is 11.4. The molecule has 0 unspecified atom stereocenters. The van der Waals surface area contributed by atoms with Gasteiger partial charge in [-0.1, -0.05) is 24.3 Å². The molecular weight excluding hydrogens is 562 g/mol. The first-order valence-corrected chi connectivity index (χ1v) is 13.6. The van der Waals surface area contributed by atoms with E-state index in [1.165, 1.54) is 24.3 Å². The lowest BCUT2D eigenvalue weighted by atomic mass is 10.1. The van der Waals surface area contributed by atoms with Crippen LogP contribution in [-0.4, -0.2) is 34.3 Å². The number of rotatable bonds is 8. The molecule has 0 aliphatic heterocycles. The molecule has 13 heteroatoms. The van der Waals surface area contributed by atoms with Crippen LogP contribution < -0.4 is 5.32 Å². The summed E-state index contributed by atoms with van der Waals surface area (Å²) >= 11 is 0. The second-order valence-electron chi connectivity index (χ2n) is 8.89. The summed E-state index contributed by atoms with van der Waals surface area (Å²) in [5.41, 5.74) is 2.24. The molecule has 0 aromatic heterocycles. The number of phenolic OH excluding ortho intramolecular Hbond substituents is 1. The average molecular weight is 588 g/mol. The Hall–Kier alpha value is -5.66. The van der Waals surface area contributed by atoms with Crippen molar-refractivity contribution in [3.05, 3.63) is 103 Å². The Labute approximate surface area is 241 Å². The lowest BCUT2D eigenvalue weighted by Gasteiger charge is -2.13. The minimum Gasteiger partial charge on any atom is -0.507 e. The van der Waals surface area contributed by atoms with Gasteiger partial charge in [0, 0.05) is 14.6 Å². The van der Waals surface area contributed by atoms with Crippen LogP contribution in [0.25, 0.3) is 10.8 Å². The Morgan fingerprint density at radius 2 is 1.33 bits per heavy atom. The van der Waals surface area contributed by atoms with Crippen molar-refractivity contribution in [2.24, 2.45) is 20.5 Å². The maximum Gasteiger partial charge on any atom is 0.339 e. The zero-order valence-corrected chi connectivity index (χ0v) is 22.3. The van der Waals surface area contributed by atoms with Crippen LogP contribution in [0.5, 0.6) is 11.5 Å². The standard InChI is InChI=1S/C29H21N5O7S.2H2/c35-25-13-11-21(15-23(25)29(37)38)33-31-19-7-9-20(10-8-19)32-34-28-24(30-18-4-2-1-3-5-18)12-6-17-14-22(42(39,40)41)16-26(36)27(17)28;;/h1-16,30,35-36H,(H,37,38)(H,39,40,41);2*1H. The molecule has 0 aliphatic rings. The number of benzene rings is 5. The molecular formula is C29H25N5O7S. The van der Waals surface area contributed by atoms with Gasteiger partial charge in [0.05, 0.1) is 33.0 Å². The quantitative estimate of drug-likeness (QED) is 0.0883. The summed E-state index contributed by atoms with van der Waals surface area (Å²) in [6.45, 7) is 0. The van der Waals surface area contributed by atoms with Crippen LogP contribution >= 0.6 is 0 Å². The number of para-hydroxylation sites is 1. The first-order chi connectivity index (χ1) is 20.1. The van der Waals surface area contributed by atoms with Crippen molar-refractivity contribution in [3.63, 3.8) is 0 Å². The summed E-state index contributed by atoms with van der Waals surface area (Å²) in [4.78, 5) is 10.7. The topological polar surface area (TPSA) is 194 Å². The summed E-state index contributed by atoms with van der Waals surface area (Å²) in [5, 5.41) is 50.0. The third-order valence-corrected chi connectivity index (χ3v) is 6.83. The predicted molar refractivity (Wildman–Crippen MR) is 159 cm³/mol. The molecule has 5 N–H and O–H groups in total. The highest BCUT2D eigenvalue weighted by molar-refractivity contribution is 7.85. The van der Waals surface area contributed by atoms with Crippen molar-refractivity contribution in [1.82, 2.24) is 0 Å². The molecule has 0 saturated heterocycles. The van der Waals surface area contributed by atoms with E-state index < -0.39 is 26.7 Å². The lowest BCUT2D eigenvalue weighted by molar-refractivity contribution is 0.0693. The van der Waals surface area contributed by atoms with Crippen LogP contribution in [0.1, 0.15) is 13.2 Å². The number of hydrogen-bond donors (Lipinski definition) is 5. The zero-order valence-electron chi connectivity index (χ0n) is 21.4.